The van der Waals surface area contributed by atoms with Crippen LogP contribution in [-0.2, 0) is 16.0 Å². The Balaban J connectivity index is 3.24. The monoisotopic (exact) mass is 291 g/mol. The molecule has 1 atom stereocenters. The summed E-state index contributed by atoms with van der Waals surface area (Å²) in [6, 6.07) is 1.92. The third-order valence-electron chi connectivity index (χ3n) is 3.25. The first-order valence-corrected chi connectivity index (χ1v) is 6.44. The van der Waals surface area contributed by atoms with Crippen molar-refractivity contribution in [3.63, 3.8) is 0 Å². The lowest BCUT2D eigenvalue weighted by Gasteiger charge is -2.19. The molecule has 7 nitrogen and oxygen atoms in total. The van der Waals surface area contributed by atoms with Crippen molar-refractivity contribution >= 4 is 11.7 Å². The molecule has 1 heterocycles. The van der Waals surface area contributed by atoms with Gasteiger partial charge in [-0.3, -0.25) is 19.9 Å². The maximum absolute atomic E-state index is 11.9. The van der Waals surface area contributed by atoms with E-state index in [1.165, 1.54) is 13.1 Å². The van der Waals surface area contributed by atoms with Crippen LogP contribution in [0.3, 0.4) is 0 Å². The number of nitriles is 1. The number of aryl methyl sites for hydroxylation is 1. The molecule has 0 aromatic carbocycles. The van der Waals surface area contributed by atoms with E-state index in [-0.39, 0.29) is 18.7 Å². The van der Waals surface area contributed by atoms with Crippen molar-refractivity contribution in [3.8, 4) is 6.07 Å². The van der Waals surface area contributed by atoms with Crippen molar-refractivity contribution < 1.29 is 14.5 Å². The fourth-order valence-corrected chi connectivity index (χ4v) is 2.01. The largest absolute Gasteiger partial charge is 0.465 e. The molecular formula is C14H17N3O4. The predicted octanol–water partition coefficient (Wildman–Crippen LogP) is 2.24. The Labute approximate surface area is 122 Å². The first-order valence-electron chi connectivity index (χ1n) is 6.44. The number of carbonyl (C=O) groups excluding carboxylic acids is 1. The second kappa shape index (κ2) is 6.31. The van der Waals surface area contributed by atoms with Crippen molar-refractivity contribution in [2.45, 2.75) is 34.1 Å². The van der Waals surface area contributed by atoms with Crippen molar-refractivity contribution in [2.75, 3.05) is 6.61 Å². The fourth-order valence-electron chi connectivity index (χ4n) is 2.01. The Kier molecular flexibility index (Phi) is 4.97. The third-order valence-corrected chi connectivity index (χ3v) is 3.25. The summed E-state index contributed by atoms with van der Waals surface area (Å²) in [7, 11) is 0. The summed E-state index contributed by atoms with van der Waals surface area (Å²) in [6.07, 6.45) is 1.35. The molecule has 0 aliphatic rings. The number of ether oxygens (including phenoxy) is 1. The first-order chi connectivity index (χ1) is 9.76. The van der Waals surface area contributed by atoms with Crippen LogP contribution in [0.25, 0.3) is 0 Å². The average molecular weight is 291 g/mol. The van der Waals surface area contributed by atoms with Gasteiger partial charge in [-0.05, 0) is 27.7 Å². The molecule has 1 rings (SSSR count). The molecule has 0 radical (unpaired) electrons. The van der Waals surface area contributed by atoms with Gasteiger partial charge in [-0.15, -0.1) is 0 Å². The van der Waals surface area contributed by atoms with Gasteiger partial charge in [0, 0.05) is 23.7 Å². The van der Waals surface area contributed by atoms with Crippen LogP contribution in [0.2, 0.25) is 0 Å². The van der Waals surface area contributed by atoms with E-state index in [0.29, 0.717) is 16.8 Å². The number of nitro groups is 1. The van der Waals surface area contributed by atoms with Gasteiger partial charge in [0.05, 0.1) is 23.3 Å². The van der Waals surface area contributed by atoms with Gasteiger partial charge in [0.25, 0.3) is 5.69 Å². The minimum atomic E-state index is -1.42. The van der Waals surface area contributed by atoms with Crippen LogP contribution < -0.4 is 0 Å². The SMILES string of the molecule is CCOC(=O)C(C)(C#N)Cc1ncc(C)c([N+](=O)[O-])c1C. The van der Waals surface area contributed by atoms with Crippen LogP contribution in [0, 0.1) is 40.7 Å². The van der Waals surface area contributed by atoms with Crippen molar-refractivity contribution in [1.29, 1.82) is 5.26 Å². The molecule has 0 aliphatic heterocycles. The van der Waals surface area contributed by atoms with Crippen LogP contribution in [-0.4, -0.2) is 22.5 Å². The number of hydrogen-bond donors (Lipinski definition) is 0. The highest BCUT2D eigenvalue weighted by molar-refractivity contribution is 5.80. The van der Waals surface area contributed by atoms with E-state index in [0.717, 1.165) is 0 Å². The quantitative estimate of drug-likeness (QED) is 0.468. The van der Waals surface area contributed by atoms with E-state index in [4.69, 9.17) is 4.74 Å². The highest BCUT2D eigenvalue weighted by Crippen LogP contribution is 2.29. The Hall–Kier alpha value is -2.49. The molecule has 0 saturated heterocycles. The average Bonchev–Trinajstić information content (AvgIpc) is 2.41. The minimum absolute atomic E-state index is 0.0325. The molecule has 21 heavy (non-hydrogen) atoms. The number of esters is 1. The summed E-state index contributed by atoms with van der Waals surface area (Å²) in [4.78, 5) is 26.6. The van der Waals surface area contributed by atoms with Crippen molar-refractivity contribution in [3.05, 3.63) is 33.1 Å². The molecule has 7 heteroatoms. The normalized spacial score (nSPS) is 13.1. The zero-order valence-corrected chi connectivity index (χ0v) is 12.5. The summed E-state index contributed by atoms with van der Waals surface area (Å²) in [5.74, 6) is -0.656. The number of pyridine rings is 1. The Morgan fingerprint density at radius 3 is 2.67 bits per heavy atom. The highest BCUT2D eigenvalue weighted by atomic mass is 16.6. The van der Waals surface area contributed by atoms with E-state index < -0.39 is 16.3 Å². The maximum atomic E-state index is 11.9. The van der Waals surface area contributed by atoms with Gasteiger partial charge in [-0.1, -0.05) is 0 Å². The lowest BCUT2D eigenvalue weighted by atomic mass is 9.85. The first kappa shape index (κ1) is 16.6. The molecule has 1 aromatic rings. The van der Waals surface area contributed by atoms with E-state index in [9.17, 15) is 20.2 Å². The van der Waals surface area contributed by atoms with Gasteiger partial charge in [0.1, 0.15) is 0 Å². The van der Waals surface area contributed by atoms with E-state index >= 15 is 0 Å². The number of aromatic nitrogens is 1. The zero-order chi connectivity index (χ0) is 16.2. The summed E-state index contributed by atoms with van der Waals surface area (Å²) in [5.41, 5.74) is -0.299. The molecule has 0 amide bonds. The number of rotatable bonds is 5. The molecule has 1 unspecified atom stereocenters. The van der Waals surface area contributed by atoms with Gasteiger partial charge in [-0.2, -0.15) is 5.26 Å². The van der Waals surface area contributed by atoms with Gasteiger partial charge < -0.3 is 4.74 Å². The van der Waals surface area contributed by atoms with Crippen LogP contribution in [0.15, 0.2) is 6.20 Å². The summed E-state index contributed by atoms with van der Waals surface area (Å²) >= 11 is 0. The Morgan fingerprint density at radius 1 is 1.57 bits per heavy atom. The second-order valence-corrected chi connectivity index (χ2v) is 4.96. The number of carbonyl (C=O) groups is 1. The number of hydrogen-bond acceptors (Lipinski definition) is 6. The number of nitrogens with zero attached hydrogens (tertiary/aromatic N) is 3. The molecule has 0 N–H and O–H groups in total. The summed E-state index contributed by atoms with van der Waals surface area (Å²) in [5, 5.41) is 20.3. The highest BCUT2D eigenvalue weighted by Gasteiger charge is 2.37. The molecule has 0 aliphatic carbocycles. The molecule has 0 saturated carbocycles. The third kappa shape index (κ3) is 3.34. The van der Waals surface area contributed by atoms with E-state index in [2.05, 4.69) is 4.98 Å². The lowest BCUT2D eigenvalue weighted by Crippen LogP contribution is -2.31. The smallest absolute Gasteiger partial charge is 0.326 e. The van der Waals surface area contributed by atoms with Crippen LogP contribution >= 0.6 is 0 Å². The van der Waals surface area contributed by atoms with Gasteiger partial charge in [-0.25, -0.2) is 0 Å². The van der Waals surface area contributed by atoms with Gasteiger partial charge in [0.15, 0.2) is 5.41 Å². The topological polar surface area (TPSA) is 106 Å². The maximum Gasteiger partial charge on any atom is 0.326 e. The summed E-state index contributed by atoms with van der Waals surface area (Å²) < 4.78 is 4.89. The van der Waals surface area contributed by atoms with Crippen LogP contribution in [0.1, 0.15) is 30.7 Å². The van der Waals surface area contributed by atoms with Crippen molar-refractivity contribution in [1.82, 2.24) is 4.98 Å². The minimum Gasteiger partial charge on any atom is -0.465 e. The second-order valence-electron chi connectivity index (χ2n) is 4.96. The van der Waals surface area contributed by atoms with Crippen LogP contribution in [0.5, 0.6) is 0 Å². The summed E-state index contributed by atoms with van der Waals surface area (Å²) in [6.45, 7) is 6.41. The van der Waals surface area contributed by atoms with E-state index in [1.807, 2.05) is 6.07 Å². The molecule has 0 bridgehead atoms. The Morgan fingerprint density at radius 2 is 2.19 bits per heavy atom. The van der Waals surface area contributed by atoms with Crippen molar-refractivity contribution in [2.24, 2.45) is 5.41 Å². The molecule has 1 aromatic heterocycles. The fraction of sp³-hybridized carbons (Fsp3) is 0.500. The Bertz CT molecular complexity index is 621. The predicted molar refractivity (Wildman–Crippen MR) is 74.4 cm³/mol. The zero-order valence-electron chi connectivity index (χ0n) is 12.5. The molecule has 0 spiro atoms. The lowest BCUT2D eigenvalue weighted by molar-refractivity contribution is -0.386. The molecular weight excluding hydrogens is 274 g/mol. The molecule has 0 fully saturated rings. The molecule has 112 valence electrons. The van der Waals surface area contributed by atoms with Gasteiger partial charge in [0.2, 0.25) is 0 Å². The van der Waals surface area contributed by atoms with Crippen LogP contribution in [0.4, 0.5) is 5.69 Å². The van der Waals surface area contributed by atoms with Gasteiger partial charge >= 0.3 is 5.97 Å². The standard InChI is InChI=1S/C14H17N3O4/c1-5-21-13(18)14(4,8-15)6-11-10(3)12(17(19)20)9(2)7-16-11/h7H,5-6H2,1-4H3. The van der Waals surface area contributed by atoms with E-state index in [1.54, 1.807) is 20.8 Å².